The highest BCUT2D eigenvalue weighted by Gasteiger charge is 2.47. The van der Waals surface area contributed by atoms with Crippen LogP contribution in [0, 0.1) is 6.92 Å². The van der Waals surface area contributed by atoms with Crippen molar-refractivity contribution in [2.75, 3.05) is 11.7 Å². The molecule has 0 unspecified atom stereocenters. The molecule has 1 aliphatic rings. The van der Waals surface area contributed by atoms with Gasteiger partial charge in [-0.1, -0.05) is 83.4 Å². The van der Waals surface area contributed by atoms with E-state index in [1.54, 1.807) is 6.07 Å². The summed E-state index contributed by atoms with van der Waals surface area (Å²) in [6.45, 7) is 1.96. The van der Waals surface area contributed by atoms with Gasteiger partial charge in [-0.05, 0) is 36.2 Å². The van der Waals surface area contributed by atoms with E-state index in [-0.39, 0.29) is 12.6 Å². The third-order valence-corrected chi connectivity index (χ3v) is 6.26. The third-order valence-electron chi connectivity index (χ3n) is 5.43. The number of hydroxylamine groups is 1. The van der Waals surface area contributed by atoms with Crippen molar-refractivity contribution < 1.29 is 9.94 Å². The molecule has 0 saturated carbocycles. The molecular weight excluding hydrogens is 405 g/mol. The average Bonchev–Trinajstić information content (AvgIpc) is 3.12. The second-order valence-corrected chi connectivity index (χ2v) is 8.40. The molecule has 0 bridgehead atoms. The van der Waals surface area contributed by atoms with E-state index >= 15 is 0 Å². The van der Waals surface area contributed by atoms with Gasteiger partial charge in [0.25, 0.3) is 0 Å². The quantitative estimate of drug-likeness (QED) is 0.529. The van der Waals surface area contributed by atoms with Gasteiger partial charge in [0.05, 0.1) is 28.4 Å². The van der Waals surface area contributed by atoms with Gasteiger partial charge in [0.15, 0.2) is 0 Å². The predicted octanol–water partition coefficient (Wildman–Crippen LogP) is 6.16. The number of halogens is 2. The summed E-state index contributed by atoms with van der Waals surface area (Å²) in [7, 11) is 0. The SMILES string of the molecule is Cc1ccc(C[C@@]2(CO)C[C@@H](c3cccc(Cl)c3Cl)N(c3ccccc3)O2)cc1. The first-order valence-corrected chi connectivity index (χ1v) is 10.4. The number of para-hydroxylation sites is 1. The van der Waals surface area contributed by atoms with E-state index in [0.717, 1.165) is 16.8 Å². The van der Waals surface area contributed by atoms with Crippen LogP contribution in [0.25, 0.3) is 0 Å². The smallest absolute Gasteiger partial charge is 0.126 e. The average molecular weight is 428 g/mol. The number of hydrogen-bond acceptors (Lipinski definition) is 3. The maximum absolute atomic E-state index is 10.4. The van der Waals surface area contributed by atoms with Gasteiger partial charge in [0.2, 0.25) is 0 Å². The molecule has 1 N–H and O–H groups in total. The summed E-state index contributed by atoms with van der Waals surface area (Å²) in [6, 6.07) is 23.7. The number of aliphatic hydroxyl groups is 1. The van der Waals surface area contributed by atoms with Crippen molar-refractivity contribution in [1.82, 2.24) is 0 Å². The van der Waals surface area contributed by atoms with E-state index in [0.29, 0.717) is 22.9 Å². The number of rotatable bonds is 5. The Morgan fingerprint density at radius 2 is 1.72 bits per heavy atom. The molecule has 0 aromatic heterocycles. The Kier molecular flexibility index (Phi) is 5.84. The first-order valence-electron chi connectivity index (χ1n) is 9.65. The van der Waals surface area contributed by atoms with Gasteiger partial charge in [-0.3, -0.25) is 4.84 Å². The number of hydrogen-bond donors (Lipinski definition) is 1. The van der Waals surface area contributed by atoms with Crippen LogP contribution in [0.1, 0.15) is 29.2 Å². The molecule has 0 aliphatic carbocycles. The van der Waals surface area contributed by atoms with Crippen LogP contribution in [-0.2, 0) is 11.3 Å². The number of anilines is 1. The highest BCUT2D eigenvalue weighted by Crippen LogP contribution is 2.47. The van der Waals surface area contributed by atoms with Gasteiger partial charge in [-0.25, -0.2) is 5.06 Å². The zero-order valence-corrected chi connectivity index (χ0v) is 17.7. The van der Waals surface area contributed by atoms with Gasteiger partial charge >= 0.3 is 0 Å². The fourth-order valence-electron chi connectivity index (χ4n) is 3.90. The van der Waals surface area contributed by atoms with Crippen LogP contribution in [0.3, 0.4) is 0 Å². The van der Waals surface area contributed by atoms with E-state index < -0.39 is 5.60 Å². The normalized spacial score (nSPS) is 21.5. The Hall–Kier alpha value is -2.04. The zero-order valence-electron chi connectivity index (χ0n) is 16.2. The molecule has 5 heteroatoms. The van der Waals surface area contributed by atoms with Crippen molar-refractivity contribution in [3.05, 3.63) is 99.5 Å². The van der Waals surface area contributed by atoms with E-state index in [2.05, 4.69) is 31.2 Å². The van der Waals surface area contributed by atoms with Gasteiger partial charge in [-0.15, -0.1) is 0 Å². The molecule has 3 nitrogen and oxygen atoms in total. The predicted molar refractivity (Wildman–Crippen MR) is 119 cm³/mol. The van der Waals surface area contributed by atoms with Crippen molar-refractivity contribution in [3.63, 3.8) is 0 Å². The lowest BCUT2D eigenvalue weighted by atomic mass is 9.87. The molecule has 1 aliphatic heterocycles. The molecule has 4 rings (SSSR count). The molecule has 1 heterocycles. The summed E-state index contributed by atoms with van der Waals surface area (Å²) in [5, 5.41) is 13.3. The summed E-state index contributed by atoms with van der Waals surface area (Å²) in [5.74, 6) is 0. The Balaban J connectivity index is 1.74. The number of aryl methyl sites for hydroxylation is 1. The van der Waals surface area contributed by atoms with Gasteiger partial charge < -0.3 is 5.11 Å². The lowest BCUT2D eigenvalue weighted by molar-refractivity contribution is -0.0509. The van der Waals surface area contributed by atoms with Crippen LogP contribution >= 0.6 is 23.2 Å². The molecule has 2 atom stereocenters. The second kappa shape index (κ2) is 8.37. The van der Waals surface area contributed by atoms with Crippen LogP contribution in [-0.4, -0.2) is 17.3 Å². The van der Waals surface area contributed by atoms with E-state index in [1.807, 2.05) is 47.5 Å². The molecule has 29 heavy (non-hydrogen) atoms. The number of benzene rings is 3. The van der Waals surface area contributed by atoms with E-state index in [9.17, 15) is 5.11 Å². The fraction of sp³-hybridized carbons (Fsp3) is 0.250. The lowest BCUT2D eigenvalue weighted by Crippen LogP contribution is -2.37. The van der Waals surface area contributed by atoms with Crippen molar-refractivity contribution in [2.45, 2.75) is 31.4 Å². The minimum atomic E-state index is -0.749. The van der Waals surface area contributed by atoms with E-state index in [1.165, 1.54) is 5.56 Å². The Labute approximate surface area is 181 Å². The summed E-state index contributed by atoms with van der Waals surface area (Å²) < 4.78 is 0. The molecular formula is C24H23Cl2NO2. The summed E-state index contributed by atoms with van der Waals surface area (Å²) in [5.41, 5.74) is 3.38. The zero-order chi connectivity index (χ0) is 20.4. The highest BCUT2D eigenvalue weighted by atomic mass is 35.5. The molecule has 0 radical (unpaired) electrons. The third kappa shape index (κ3) is 4.15. The minimum absolute atomic E-state index is 0.0983. The molecule has 1 fully saturated rings. The topological polar surface area (TPSA) is 32.7 Å². The second-order valence-electron chi connectivity index (χ2n) is 7.62. The largest absolute Gasteiger partial charge is 0.393 e. The van der Waals surface area contributed by atoms with Crippen molar-refractivity contribution >= 4 is 28.9 Å². The monoisotopic (exact) mass is 427 g/mol. The van der Waals surface area contributed by atoms with Gasteiger partial charge in [0, 0.05) is 12.8 Å². The van der Waals surface area contributed by atoms with Crippen LogP contribution in [0.5, 0.6) is 0 Å². The van der Waals surface area contributed by atoms with Gasteiger partial charge in [-0.2, -0.15) is 0 Å². The lowest BCUT2D eigenvalue weighted by Gasteiger charge is -2.28. The highest BCUT2D eigenvalue weighted by molar-refractivity contribution is 6.42. The molecule has 0 amide bonds. The first-order chi connectivity index (χ1) is 14.0. The number of aliphatic hydroxyl groups excluding tert-OH is 1. The minimum Gasteiger partial charge on any atom is -0.393 e. The van der Waals surface area contributed by atoms with Gasteiger partial charge in [0.1, 0.15) is 5.60 Å². The van der Waals surface area contributed by atoms with Crippen molar-refractivity contribution in [3.8, 4) is 0 Å². The van der Waals surface area contributed by atoms with Crippen LogP contribution < -0.4 is 5.06 Å². The standard InChI is InChI=1S/C24H23Cl2NO2/c1-17-10-12-18(13-11-17)14-24(16-28)15-22(20-8-5-9-21(25)23(20)26)27(29-24)19-6-3-2-4-7-19/h2-13,22,28H,14-16H2,1H3/t22-,24-/m0/s1. The molecule has 150 valence electrons. The molecule has 3 aromatic carbocycles. The summed E-state index contributed by atoms with van der Waals surface area (Å²) in [4.78, 5) is 6.46. The van der Waals surface area contributed by atoms with Crippen molar-refractivity contribution in [2.24, 2.45) is 0 Å². The Morgan fingerprint density at radius 3 is 2.41 bits per heavy atom. The fourth-order valence-corrected chi connectivity index (χ4v) is 4.33. The molecule has 1 saturated heterocycles. The first kappa shape index (κ1) is 20.2. The van der Waals surface area contributed by atoms with Crippen LogP contribution in [0.4, 0.5) is 5.69 Å². The number of nitrogens with zero attached hydrogens (tertiary/aromatic N) is 1. The molecule has 0 spiro atoms. The maximum Gasteiger partial charge on any atom is 0.126 e. The van der Waals surface area contributed by atoms with E-state index in [4.69, 9.17) is 28.0 Å². The summed E-state index contributed by atoms with van der Waals surface area (Å²) >= 11 is 12.9. The Bertz CT molecular complexity index is 978. The molecule has 3 aromatic rings. The van der Waals surface area contributed by atoms with Crippen LogP contribution in [0.2, 0.25) is 10.0 Å². The Morgan fingerprint density at radius 1 is 1.00 bits per heavy atom. The maximum atomic E-state index is 10.4. The summed E-state index contributed by atoms with van der Waals surface area (Å²) in [6.07, 6.45) is 1.19. The van der Waals surface area contributed by atoms with Crippen molar-refractivity contribution in [1.29, 1.82) is 0 Å². The van der Waals surface area contributed by atoms with Crippen LogP contribution in [0.15, 0.2) is 72.8 Å².